The molecule has 1 N–H and O–H groups in total. The molecule has 2 bridgehead atoms. The number of nitrogens with one attached hydrogen (secondary N) is 1. The van der Waals surface area contributed by atoms with Crippen LogP contribution in [0.15, 0.2) is 29.2 Å². The van der Waals surface area contributed by atoms with E-state index in [-0.39, 0.29) is 17.9 Å². The summed E-state index contributed by atoms with van der Waals surface area (Å²) >= 11 is 6.35. The molecule has 26 heavy (non-hydrogen) atoms. The van der Waals surface area contributed by atoms with Crippen molar-refractivity contribution < 1.29 is 9.47 Å². The Morgan fingerprint density at radius 3 is 2.96 bits per heavy atom. The van der Waals surface area contributed by atoms with Crippen molar-refractivity contribution in [3.05, 3.63) is 39.9 Å². The van der Waals surface area contributed by atoms with Crippen molar-refractivity contribution in [3.8, 4) is 17.4 Å². The average molecular weight is 375 g/mol. The van der Waals surface area contributed by atoms with Gasteiger partial charge in [0.05, 0.1) is 11.1 Å². The minimum atomic E-state index is -0.383. The minimum Gasteiger partial charge on any atom is -0.488 e. The van der Waals surface area contributed by atoms with E-state index in [2.05, 4.69) is 21.9 Å². The summed E-state index contributed by atoms with van der Waals surface area (Å²) in [6.45, 7) is 4.07. The van der Waals surface area contributed by atoms with Crippen molar-refractivity contribution in [1.82, 2.24) is 19.5 Å². The third-order valence-corrected chi connectivity index (χ3v) is 4.81. The highest BCUT2D eigenvalue weighted by Crippen LogP contribution is 2.30. The summed E-state index contributed by atoms with van der Waals surface area (Å²) in [5.41, 5.74) is 0.558. The highest BCUT2D eigenvalue weighted by molar-refractivity contribution is 6.32. The number of nitrogens with zero attached hydrogens (tertiary/aromatic N) is 3. The maximum Gasteiger partial charge on any atom is 0.333 e. The summed E-state index contributed by atoms with van der Waals surface area (Å²) in [4.78, 5) is 24.1. The standard InChI is InChI=1S/C18H19ClN4O3/c1-3-11-5-4-10(2)25-13-8-9-20-16-15(13)23(18(24)22-16)17-12(19)6-7-14(21-17)26-11/h6-11H,3-5H2,1-2H3,(H,20,22,24)/t10-,11?/m1/s1. The van der Waals surface area contributed by atoms with Gasteiger partial charge in [-0.25, -0.2) is 14.3 Å². The molecular weight excluding hydrogens is 356 g/mol. The highest BCUT2D eigenvalue weighted by atomic mass is 35.5. The number of pyridine rings is 2. The van der Waals surface area contributed by atoms with Crippen LogP contribution in [0, 0.1) is 0 Å². The molecule has 0 saturated carbocycles. The van der Waals surface area contributed by atoms with E-state index in [9.17, 15) is 4.79 Å². The van der Waals surface area contributed by atoms with E-state index in [1.165, 1.54) is 4.57 Å². The predicted octanol–water partition coefficient (Wildman–Crippen LogP) is 3.48. The SMILES string of the molecule is CCC1CC[C@@H](C)Oc2ccnc3[nH]c(=O)n(c23)-c2nc(ccc2Cl)O1. The molecule has 2 atom stereocenters. The van der Waals surface area contributed by atoms with Gasteiger partial charge < -0.3 is 9.47 Å². The van der Waals surface area contributed by atoms with Crippen molar-refractivity contribution in [2.45, 2.75) is 45.3 Å². The predicted molar refractivity (Wildman–Crippen MR) is 98.5 cm³/mol. The molecule has 4 heterocycles. The third kappa shape index (κ3) is 2.92. The van der Waals surface area contributed by atoms with Gasteiger partial charge >= 0.3 is 5.69 Å². The summed E-state index contributed by atoms with van der Waals surface area (Å²) in [6, 6.07) is 5.15. The Labute approximate surface area is 154 Å². The number of ether oxygens (including phenoxy) is 2. The Morgan fingerprint density at radius 1 is 1.31 bits per heavy atom. The second-order valence-corrected chi connectivity index (χ2v) is 6.79. The minimum absolute atomic E-state index is 0.0156. The Bertz CT molecular complexity index is 1010. The maximum atomic E-state index is 12.6. The lowest BCUT2D eigenvalue weighted by Crippen LogP contribution is -2.23. The molecule has 8 heteroatoms. The molecule has 4 rings (SSSR count). The lowest BCUT2D eigenvalue weighted by molar-refractivity contribution is 0.143. The van der Waals surface area contributed by atoms with E-state index < -0.39 is 0 Å². The van der Waals surface area contributed by atoms with E-state index in [0.29, 0.717) is 33.6 Å². The van der Waals surface area contributed by atoms with E-state index in [1.807, 2.05) is 6.92 Å². The number of halogens is 1. The zero-order chi connectivity index (χ0) is 18.3. The number of aromatic nitrogens is 4. The number of imidazole rings is 1. The monoisotopic (exact) mass is 374 g/mol. The van der Waals surface area contributed by atoms with E-state index in [4.69, 9.17) is 21.1 Å². The first-order chi connectivity index (χ1) is 12.6. The zero-order valence-corrected chi connectivity index (χ0v) is 15.3. The number of hydrogen-bond acceptors (Lipinski definition) is 5. The number of H-pyrrole nitrogens is 1. The summed E-state index contributed by atoms with van der Waals surface area (Å²) in [7, 11) is 0. The van der Waals surface area contributed by atoms with Crippen molar-refractivity contribution in [2.75, 3.05) is 0 Å². The number of fused-ring (bicyclic) bond motifs is 3. The molecule has 0 spiro atoms. The summed E-state index contributed by atoms with van der Waals surface area (Å²) < 4.78 is 13.5. The first-order valence-corrected chi connectivity index (χ1v) is 9.04. The quantitative estimate of drug-likeness (QED) is 0.705. The van der Waals surface area contributed by atoms with Gasteiger partial charge in [0.25, 0.3) is 0 Å². The molecule has 0 saturated heterocycles. The second-order valence-electron chi connectivity index (χ2n) is 6.38. The van der Waals surface area contributed by atoms with Crippen molar-refractivity contribution in [3.63, 3.8) is 0 Å². The van der Waals surface area contributed by atoms with E-state index in [1.54, 1.807) is 24.4 Å². The molecule has 136 valence electrons. The molecule has 0 aliphatic carbocycles. The fourth-order valence-corrected chi connectivity index (χ4v) is 3.34. The average Bonchev–Trinajstić information content (AvgIpc) is 2.96. The summed E-state index contributed by atoms with van der Waals surface area (Å²) in [6.07, 6.45) is 4.09. The Kier molecular flexibility index (Phi) is 4.32. The van der Waals surface area contributed by atoms with Gasteiger partial charge in [-0.1, -0.05) is 18.5 Å². The lowest BCUT2D eigenvalue weighted by atomic mass is 10.1. The second kappa shape index (κ2) is 6.64. The molecular formula is C18H19ClN4O3. The maximum absolute atomic E-state index is 12.6. The third-order valence-electron chi connectivity index (χ3n) is 4.52. The molecule has 3 aromatic rings. The van der Waals surface area contributed by atoms with Crippen LogP contribution in [0.3, 0.4) is 0 Å². The van der Waals surface area contributed by atoms with Crippen molar-refractivity contribution in [2.24, 2.45) is 0 Å². The summed E-state index contributed by atoms with van der Waals surface area (Å²) in [5, 5.41) is 0.341. The van der Waals surface area contributed by atoms with Gasteiger partial charge in [0, 0.05) is 18.3 Å². The fraction of sp³-hybridized carbons (Fsp3) is 0.389. The van der Waals surface area contributed by atoms with E-state index in [0.717, 1.165) is 19.3 Å². The molecule has 0 amide bonds. The Balaban J connectivity index is 2.00. The van der Waals surface area contributed by atoms with Crippen LogP contribution in [0.1, 0.15) is 33.1 Å². The molecule has 3 aromatic heterocycles. The van der Waals surface area contributed by atoms with Gasteiger partial charge in [-0.15, -0.1) is 0 Å². The Morgan fingerprint density at radius 2 is 2.15 bits per heavy atom. The number of aromatic amines is 1. The number of hydrogen-bond donors (Lipinski definition) is 1. The first-order valence-electron chi connectivity index (χ1n) is 8.66. The van der Waals surface area contributed by atoms with Gasteiger partial charge in [-0.05, 0) is 32.3 Å². The fourth-order valence-electron chi connectivity index (χ4n) is 3.15. The van der Waals surface area contributed by atoms with Crippen LogP contribution in [0.25, 0.3) is 17.0 Å². The topological polar surface area (TPSA) is 82.0 Å². The lowest BCUT2D eigenvalue weighted by Gasteiger charge is -2.22. The van der Waals surface area contributed by atoms with Gasteiger partial charge in [0.2, 0.25) is 5.88 Å². The van der Waals surface area contributed by atoms with Crippen LogP contribution < -0.4 is 15.2 Å². The largest absolute Gasteiger partial charge is 0.488 e. The Hall–Kier alpha value is -2.54. The smallest absolute Gasteiger partial charge is 0.333 e. The van der Waals surface area contributed by atoms with E-state index >= 15 is 0 Å². The highest BCUT2D eigenvalue weighted by Gasteiger charge is 2.22. The molecule has 0 radical (unpaired) electrons. The van der Waals surface area contributed by atoms with Gasteiger partial charge in [0.15, 0.2) is 11.5 Å². The van der Waals surface area contributed by atoms with Crippen LogP contribution in [0.4, 0.5) is 0 Å². The number of rotatable bonds is 1. The molecule has 7 nitrogen and oxygen atoms in total. The molecule has 1 unspecified atom stereocenters. The molecule has 1 aliphatic heterocycles. The molecule has 1 aliphatic rings. The van der Waals surface area contributed by atoms with Gasteiger partial charge in [-0.3, -0.25) is 4.98 Å². The van der Waals surface area contributed by atoms with Crippen LogP contribution in [-0.4, -0.2) is 31.7 Å². The first kappa shape index (κ1) is 16.9. The van der Waals surface area contributed by atoms with Crippen LogP contribution in [0.5, 0.6) is 11.6 Å². The van der Waals surface area contributed by atoms with Gasteiger partial charge in [0.1, 0.15) is 17.4 Å². The van der Waals surface area contributed by atoms with Crippen molar-refractivity contribution in [1.29, 1.82) is 0 Å². The van der Waals surface area contributed by atoms with Crippen LogP contribution >= 0.6 is 11.6 Å². The van der Waals surface area contributed by atoms with Crippen LogP contribution in [-0.2, 0) is 0 Å². The molecule has 0 fully saturated rings. The van der Waals surface area contributed by atoms with Crippen molar-refractivity contribution >= 4 is 22.8 Å². The zero-order valence-electron chi connectivity index (χ0n) is 14.5. The van der Waals surface area contributed by atoms with Gasteiger partial charge in [-0.2, -0.15) is 4.98 Å². The molecule has 0 aromatic carbocycles. The normalized spacial score (nSPS) is 20.0. The van der Waals surface area contributed by atoms with Crippen LogP contribution in [0.2, 0.25) is 5.02 Å². The summed E-state index contributed by atoms with van der Waals surface area (Å²) in [5.74, 6) is 1.30.